The zero-order chi connectivity index (χ0) is 19.8. The lowest BCUT2D eigenvalue weighted by atomic mass is 10.1. The maximum absolute atomic E-state index is 13.6. The Morgan fingerprint density at radius 3 is 2.90 bits per heavy atom. The van der Waals surface area contributed by atoms with E-state index in [0.29, 0.717) is 17.2 Å². The molecule has 5 aromatic rings. The smallest absolute Gasteiger partial charge is 0.262 e. The summed E-state index contributed by atoms with van der Waals surface area (Å²) >= 11 is 5.01. The van der Waals surface area contributed by atoms with Crippen molar-refractivity contribution in [3.8, 4) is 0 Å². The highest BCUT2D eigenvalue weighted by molar-refractivity contribution is 9.10. The Bertz CT molecular complexity index is 1330. The molecule has 2 aromatic carbocycles. The molecule has 3 heterocycles. The number of nitrogens with one attached hydrogen (secondary N) is 1. The van der Waals surface area contributed by atoms with E-state index in [0.717, 1.165) is 31.2 Å². The molecule has 142 valence electrons. The lowest BCUT2D eigenvalue weighted by molar-refractivity contribution is 0.0986. The molecular formula is C22H15BrN4OS. The summed E-state index contributed by atoms with van der Waals surface area (Å²) in [4.78, 5) is 27.5. The van der Waals surface area contributed by atoms with Crippen molar-refractivity contribution in [1.82, 2.24) is 15.0 Å². The molecule has 29 heavy (non-hydrogen) atoms. The number of benzene rings is 2. The summed E-state index contributed by atoms with van der Waals surface area (Å²) in [6, 6.07) is 17.6. The van der Waals surface area contributed by atoms with Crippen LogP contribution in [0.15, 0.2) is 77.7 Å². The summed E-state index contributed by atoms with van der Waals surface area (Å²) in [5.74, 6) is -0.0931. The van der Waals surface area contributed by atoms with Crippen LogP contribution in [0.4, 0.5) is 5.13 Å². The van der Waals surface area contributed by atoms with Gasteiger partial charge in [0.05, 0.1) is 22.3 Å². The predicted molar refractivity (Wildman–Crippen MR) is 120 cm³/mol. The number of hydrogen-bond acceptors (Lipinski definition) is 4. The monoisotopic (exact) mass is 462 g/mol. The number of rotatable bonds is 4. The Hall–Kier alpha value is -3.03. The molecular weight excluding hydrogens is 448 g/mol. The highest BCUT2D eigenvalue weighted by Gasteiger charge is 2.24. The van der Waals surface area contributed by atoms with Crippen LogP contribution in [0.2, 0.25) is 0 Å². The number of pyridine rings is 1. The van der Waals surface area contributed by atoms with Crippen molar-refractivity contribution in [2.75, 3.05) is 4.90 Å². The molecule has 1 N–H and O–H groups in total. The number of aromatic nitrogens is 3. The first-order valence-electron chi connectivity index (χ1n) is 9.02. The third kappa shape index (κ3) is 3.43. The van der Waals surface area contributed by atoms with Gasteiger partial charge >= 0.3 is 0 Å². The number of H-pyrrole nitrogens is 1. The second-order valence-corrected chi connectivity index (χ2v) is 8.53. The van der Waals surface area contributed by atoms with Gasteiger partial charge in [0.1, 0.15) is 0 Å². The van der Waals surface area contributed by atoms with Crippen molar-refractivity contribution in [2.45, 2.75) is 6.54 Å². The van der Waals surface area contributed by atoms with Gasteiger partial charge in [-0.05, 0) is 35.9 Å². The second kappa shape index (κ2) is 7.42. The number of fused-ring (bicyclic) bond motifs is 2. The molecule has 1 amide bonds. The van der Waals surface area contributed by atoms with Crippen molar-refractivity contribution in [3.05, 3.63) is 88.8 Å². The Morgan fingerprint density at radius 2 is 2.03 bits per heavy atom. The topological polar surface area (TPSA) is 61.9 Å². The molecule has 3 aromatic heterocycles. The highest BCUT2D eigenvalue weighted by atomic mass is 79.9. The van der Waals surface area contributed by atoms with Gasteiger partial charge in [0, 0.05) is 34.0 Å². The minimum atomic E-state index is -0.0931. The van der Waals surface area contributed by atoms with Crippen LogP contribution in [0.5, 0.6) is 0 Å². The molecule has 0 radical (unpaired) electrons. The van der Waals surface area contributed by atoms with Crippen LogP contribution in [0.3, 0.4) is 0 Å². The Labute approximate surface area is 179 Å². The normalized spacial score (nSPS) is 11.2. The molecule has 0 spiro atoms. The standard InChI is InChI=1S/C22H15BrN4OS/c23-15-7-8-19-20(10-15)29-22(26-19)27(13-14-4-3-9-24-11-14)21(28)17-12-25-18-6-2-1-5-16(17)18/h1-12,25H,13H2. The van der Waals surface area contributed by atoms with Gasteiger partial charge in [0.15, 0.2) is 5.13 Å². The average Bonchev–Trinajstić information content (AvgIpc) is 3.36. The Kier molecular flexibility index (Phi) is 4.61. The molecule has 7 heteroatoms. The number of hydrogen-bond donors (Lipinski definition) is 1. The molecule has 5 nitrogen and oxygen atoms in total. The first-order valence-corrected chi connectivity index (χ1v) is 10.6. The fourth-order valence-electron chi connectivity index (χ4n) is 3.30. The molecule has 0 bridgehead atoms. The van der Waals surface area contributed by atoms with Crippen molar-refractivity contribution >= 4 is 59.4 Å². The van der Waals surface area contributed by atoms with Gasteiger partial charge in [0.25, 0.3) is 5.91 Å². The highest BCUT2D eigenvalue weighted by Crippen LogP contribution is 2.33. The molecule has 0 atom stereocenters. The number of para-hydroxylation sites is 1. The van der Waals surface area contributed by atoms with E-state index < -0.39 is 0 Å². The molecule has 0 fully saturated rings. The van der Waals surface area contributed by atoms with Crippen molar-refractivity contribution in [1.29, 1.82) is 0 Å². The van der Waals surface area contributed by atoms with Crippen molar-refractivity contribution < 1.29 is 4.79 Å². The summed E-state index contributed by atoms with van der Waals surface area (Å²) in [5, 5.41) is 1.56. The van der Waals surface area contributed by atoms with E-state index in [-0.39, 0.29) is 5.91 Å². The second-order valence-electron chi connectivity index (χ2n) is 6.61. The van der Waals surface area contributed by atoms with Gasteiger partial charge < -0.3 is 4.98 Å². The largest absolute Gasteiger partial charge is 0.360 e. The fraction of sp³-hybridized carbons (Fsp3) is 0.0455. The number of nitrogens with zero attached hydrogens (tertiary/aromatic N) is 3. The number of halogens is 1. The maximum atomic E-state index is 13.6. The lowest BCUT2D eigenvalue weighted by Gasteiger charge is -2.19. The van der Waals surface area contributed by atoms with Gasteiger partial charge in [-0.1, -0.05) is 51.5 Å². The minimum absolute atomic E-state index is 0.0931. The number of aromatic amines is 1. The molecule has 0 saturated carbocycles. The first-order chi connectivity index (χ1) is 14.2. The number of amides is 1. The molecule has 5 rings (SSSR count). The molecule has 0 aliphatic carbocycles. The quantitative estimate of drug-likeness (QED) is 0.368. The Balaban J connectivity index is 1.61. The SMILES string of the molecule is O=C(c1c[nH]c2ccccc12)N(Cc1cccnc1)c1nc2ccc(Br)cc2s1. The third-order valence-corrected chi connectivity index (χ3v) is 6.23. The molecule has 0 aliphatic heterocycles. The molecule has 0 saturated heterocycles. The maximum Gasteiger partial charge on any atom is 0.262 e. The number of anilines is 1. The van der Waals surface area contributed by atoms with Crippen LogP contribution in [0, 0.1) is 0 Å². The van der Waals surface area contributed by atoms with Crippen LogP contribution in [-0.4, -0.2) is 20.9 Å². The van der Waals surface area contributed by atoms with E-state index >= 15 is 0 Å². The van der Waals surface area contributed by atoms with Gasteiger partial charge in [-0.3, -0.25) is 14.7 Å². The first kappa shape index (κ1) is 18.0. The van der Waals surface area contributed by atoms with E-state index in [4.69, 9.17) is 4.98 Å². The van der Waals surface area contributed by atoms with Gasteiger partial charge in [0.2, 0.25) is 0 Å². The fourth-order valence-corrected chi connectivity index (χ4v) is 4.81. The van der Waals surface area contributed by atoms with Crippen LogP contribution in [0.25, 0.3) is 21.1 Å². The van der Waals surface area contributed by atoms with E-state index in [1.54, 1.807) is 23.5 Å². The van der Waals surface area contributed by atoms with E-state index in [1.165, 1.54) is 11.3 Å². The van der Waals surface area contributed by atoms with Gasteiger partial charge in [-0.2, -0.15) is 0 Å². The van der Waals surface area contributed by atoms with E-state index in [9.17, 15) is 4.79 Å². The summed E-state index contributed by atoms with van der Waals surface area (Å²) in [5.41, 5.74) is 3.38. The lowest BCUT2D eigenvalue weighted by Crippen LogP contribution is -2.30. The van der Waals surface area contributed by atoms with Crippen LogP contribution < -0.4 is 4.90 Å². The summed E-state index contributed by atoms with van der Waals surface area (Å²) < 4.78 is 2.01. The van der Waals surface area contributed by atoms with E-state index in [2.05, 4.69) is 25.9 Å². The zero-order valence-electron chi connectivity index (χ0n) is 15.2. The average molecular weight is 463 g/mol. The van der Waals surface area contributed by atoms with Crippen LogP contribution in [0.1, 0.15) is 15.9 Å². The number of thiazole rings is 1. The van der Waals surface area contributed by atoms with Gasteiger partial charge in [-0.25, -0.2) is 4.98 Å². The van der Waals surface area contributed by atoms with Gasteiger partial charge in [-0.15, -0.1) is 0 Å². The number of carbonyl (C=O) groups is 1. The number of carbonyl (C=O) groups excluding carboxylic acids is 1. The van der Waals surface area contributed by atoms with Crippen LogP contribution in [-0.2, 0) is 6.54 Å². The van der Waals surface area contributed by atoms with Crippen molar-refractivity contribution in [3.63, 3.8) is 0 Å². The summed E-state index contributed by atoms with van der Waals surface area (Å²) in [6.07, 6.45) is 5.27. The van der Waals surface area contributed by atoms with Crippen LogP contribution >= 0.6 is 27.3 Å². The Morgan fingerprint density at radius 1 is 1.14 bits per heavy atom. The summed E-state index contributed by atoms with van der Waals surface area (Å²) in [6.45, 7) is 0.396. The minimum Gasteiger partial charge on any atom is -0.360 e. The molecule has 0 aliphatic rings. The predicted octanol–water partition coefficient (Wildman–Crippen LogP) is 5.78. The summed E-state index contributed by atoms with van der Waals surface area (Å²) in [7, 11) is 0. The molecule has 0 unspecified atom stereocenters. The third-order valence-electron chi connectivity index (χ3n) is 4.70. The zero-order valence-corrected chi connectivity index (χ0v) is 17.6. The van der Waals surface area contributed by atoms with Crippen molar-refractivity contribution in [2.24, 2.45) is 0 Å². The van der Waals surface area contributed by atoms with E-state index in [1.807, 2.05) is 54.6 Å².